The van der Waals surface area contributed by atoms with Crippen molar-refractivity contribution in [2.75, 3.05) is 19.0 Å². The number of nitrogens with one attached hydrogen (secondary N) is 2. The number of hydrogen-bond acceptors (Lipinski definition) is 3. The molecule has 0 unspecified atom stereocenters. The van der Waals surface area contributed by atoms with Crippen molar-refractivity contribution in [2.24, 2.45) is 0 Å². The van der Waals surface area contributed by atoms with Gasteiger partial charge in [0.2, 0.25) is 0 Å². The molecule has 0 bridgehead atoms. The minimum atomic E-state index is 0.622. The number of methoxy groups -OCH3 is 1. The molecule has 1 aromatic heterocycles. The smallest absolute Gasteiger partial charge is 0.170 e. The zero-order valence-corrected chi connectivity index (χ0v) is 11.9. The Morgan fingerprint density at radius 3 is 2.95 bits per heavy atom. The highest BCUT2D eigenvalue weighted by Crippen LogP contribution is 2.29. The third kappa shape index (κ3) is 3.12. The normalized spacial score (nSPS) is 10.2. The molecule has 2 aromatic rings. The number of rotatable bonds is 4. The van der Waals surface area contributed by atoms with E-state index in [-0.39, 0.29) is 0 Å². The molecule has 0 spiro atoms. The molecule has 1 aromatic carbocycles. The van der Waals surface area contributed by atoms with E-state index in [4.69, 9.17) is 17.0 Å². The van der Waals surface area contributed by atoms with Crippen molar-refractivity contribution in [3.05, 3.63) is 30.5 Å². The van der Waals surface area contributed by atoms with Crippen LogP contribution in [0.1, 0.15) is 13.3 Å². The fourth-order valence-electron chi connectivity index (χ4n) is 1.83. The van der Waals surface area contributed by atoms with Gasteiger partial charge in [0.25, 0.3) is 0 Å². The zero-order valence-electron chi connectivity index (χ0n) is 11.1. The van der Waals surface area contributed by atoms with Gasteiger partial charge in [-0.05, 0) is 42.9 Å². The minimum Gasteiger partial charge on any atom is -0.494 e. The second kappa shape index (κ2) is 6.33. The van der Waals surface area contributed by atoms with Crippen molar-refractivity contribution >= 4 is 33.9 Å². The zero-order chi connectivity index (χ0) is 13.7. The molecule has 0 radical (unpaired) electrons. The number of nitrogens with zero attached hydrogens (tertiary/aromatic N) is 1. The van der Waals surface area contributed by atoms with Crippen LogP contribution < -0.4 is 15.4 Å². The Morgan fingerprint density at radius 2 is 2.21 bits per heavy atom. The fraction of sp³-hybridized carbons (Fsp3) is 0.286. The number of thiocarbonyl (C=S) groups is 1. The van der Waals surface area contributed by atoms with E-state index in [0.29, 0.717) is 5.11 Å². The van der Waals surface area contributed by atoms with Gasteiger partial charge in [0, 0.05) is 23.8 Å². The quantitative estimate of drug-likeness (QED) is 0.840. The molecule has 19 heavy (non-hydrogen) atoms. The van der Waals surface area contributed by atoms with Gasteiger partial charge >= 0.3 is 0 Å². The van der Waals surface area contributed by atoms with Gasteiger partial charge in [-0.15, -0.1) is 0 Å². The van der Waals surface area contributed by atoms with Crippen LogP contribution in [0, 0.1) is 0 Å². The van der Waals surface area contributed by atoms with E-state index in [9.17, 15) is 0 Å². The maximum atomic E-state index is 5.31. The molecule has 0 atom stereocenters. The molecule has 0 fully saturated rings. The lowest BCUT2D eigenvalue weighted by molar-refractivity contribution is 0.419. The van der Waals surface area contributed by atoms with Crippen LogP contribution in [0.25, 0.3) is 10.9 Å². The maximum Gasteiger partial charge on any atom is 0.170 e. The Hall–Kier alpha value is -1.88. The van der Waals surface area contributed by atoms with Gasteiger partial charge in [0.1, 0.15) is 11.3 Å². The van der Waals surface area contributed by atoms with Crippen molar-refractivity contribution in [3.63, 3.8) is 0 Å². The van der Waals surface area contributed by atoms with Crippen LogP contribution in [0.3, 0.4) is 0 Å². The van der Waals surface area contributed by atoms with Gasteiger partial charge in [-0.2, -0.15) is 0 Å². The first-order valence-corrected chi connectivity index (χ1v) is 6.63. The predicted octanol–water partition coefficient (Wildman–Crippen LogP) is 2.94. The number of anilines is 1. The van der Waals surface area contributed by atoms with E-state index in [2.05, 4.69) is 22.5 Å². The van der Waals surface area contributed by atoms with Gasteiger partial charge < -0.3 is 15.4 Å². The Balaban J connectivity index is 2.31. The molecule has 2 rings (SSSR count). The minimum absolute atomic E-state index is 0.622. The highest BCUT2D eigenvalue weighted by atomic mass is 32.1. The number of pyridine rings is 1. The summed E-state index contributed by atoms with van der Waals surface area (Å²) in [5, 5.41) is 7.95. The third-order valence-electron chi connectivity index (χ3n) is 2.74. The van der Waals surface area contributed by atoms with Crippen LogP contribution in [0.4, 0.5) is 5.69 Å². The summed E-state index contributed by atoms with van der Waals surface area (Å²) in [6, 6.07) is 7.73. The van der Waals surface area contributed by atoms with Crippen molar-refractivity contribution < 1.29 is 4.74 Å². The SMILES string of the molecule is CCCNC(=S)Nc1ccc(OC)c2ncccc12. The first-order chi connectivity index (χ1) is 9.26. The van der Waals surface area contributed by atoms with Crippen LogP contribution in [0.5, 0.6) is 5.75 Å². The van der Waals surface area contributed by atoms with Crippen LogP contribution in [-0.2, 0) is 0 Å². The molecular weight excluding hydrogens is 258 g/mol. The summed E-state index contributed by atoms with van der Waals surface area (Å²) in [6.07, 6.45) is 2.79. The van der Waals surface area contributed by atoms with E-state index in [0.717, 1.165) is 35.3 Å². The molecule has 0 aliphatic rings. The van der Waals surface area contributed by atoms with Crippen molar-refractivity contribution in [1.29, 1.82) is 0 Å². The van der Waals surface area contributed by atoms with Crippen molar-refractivity contribution in [1.82, 2.24) is 10.3 Å². The number of ether oxygens (including phenoxy) is 1. The van der Waals surface area contributed by atoms with Crippen LogP contribution >= 0.6 is 12.2 Å². The highest BCUT2D eigenvalue weighted by molar-refractivity contribution is 7.80. The first-order valence-electron chi connectivity index (χ1n) is 6.22. The lowest BCUT2D eigenvalue weighted by Crippen LogP contribution is -2.28. The molecule has 0 saturated carbocycles. The van der Waals surface area contributed by atoms with Gasteiger partial charge in [-0.3, -0.25) is 4.98 Å². The van der Waals surface area contributed by atoms with Crippen LogP contribution in [0.2, 0.25) is 0 Å². The van der Waals surface area contributed by atoms with Crippen molar-refractivity contribution in [3.8, 4) is 5.75 Å². The molecule has 1 heterocycles. The highest BCUT2D eigenvalue weighted by Gasteiger charge is 2.07. The largest absolute Gasteiger partial charge is 0.494 e. The lowest BCUT2D eigenvalue weighted by atomic mass is 10.1. The van der Waals surface area contributed by atoms with Crippen LogP contribution in [0.15, 0.2) is 30.5 Å². The third-order valence-corrected chi connectivity index (χ3v) is 2.98. The summed E-state index contributed by atoms with van der Waals surface area (Å²) in [5.41, 5.74) is 1.76. The number of hydrogen-bond donors (Lipinski definition) is 2. The van der Waals surface area contributed by atoms with E-state index >= 15 is 0 Å². The van der Waals surface area contributed by atoms with Gasteiger partial charge in [0.05, 0.1) is 7.11 Å². The average Bonchev–Trinajstić information content (AvgIpc) is 2.45. The molecule has 0 amide bonds. The first kappa shape index (κ1) is 13.5. The van der Waals surface area contributed by atoms with Gasteiger partial charge in [-0.1, -0.05) is 6.92 Å². The Bertz CT molecular complexity index is 586. The van der Waals surface area contributed by atoms with Gasteiger partial charge in [-0.25, -0.2) is 0 Å². The summed E-state index contributed by atoms with van der Waals surface area (Å²) in [6.45, 7) is 2.96. The van der Waals surface area contributed by atoms with E-state index in [1.165, 1.54) is 0 Å². The number of benzene rings is 1. The molecule has 5 heteroatoms. The second-order valence-corrected chi connectivity index (χ2v) is 4.50. The maximum absolute atomic E-state index is 5.31. The average molecular weight is 275 g/mol. The Kier molecular flexibility index (Phi) is 4.52. The van der Waals surface area contributed by atoms with E-state index in [1.54, 1.807) is 13.3 Å². The predicted molar refractivity (Wildman–Crippen MR) is 82.8 cm³/mol. The molecule has 0 aliphatic heterocycles. The Morgan fingerprint density at radius 1 is 1.37 bits per heavy atom. The standard InChI is InChI=1S/C14H17N3OS/c1-3-8-16-14(19)17-11-6-7-12(18-2)13-10(11)5-4-9-15-13/h4-7,9H,3,8H2,1-2H3,(H2,16,17,19). The summed E-state index contributed by atoms with van der Waals surface area (Å²) >= 11 is 5.25. The van der Waals surface area contributed by atoms with Gasteiger partial charge in [0.15, 0.2) is 5.11 Å². The topological polar surface area (TPSA) is 46.2 Å². The lowest BCUT2D eigenvalue weighted by Gasteiger charge is -2.13. The van der Waals surface area contributed by atoms with E-state index < -0.39 is 0 Å². The van der Waals surface area contributed by atoms with Crippen molar-refractivity contribution in [2.45, 2.75) is 13.3 Å². The van der Waals surface area contributed by atoms with E-state index in [1.807, 2.05) is 24.3 Å². The molecule has 2 N–H and O–H groups in total. The summed E-state index contributed by atoms with van der Waals surface area (Å²) in [5.74, 6) is 0.758. The molecule has 0 aliphatic carbocycles. The molecule has 4 nitrogen and oxygen atoms in total. The Labute approximate surface area is 118 Å². The number of fused-ring (bicyclic) bond motifs is 1. The second-order valence-electron chi connectivity index (χ2n) is 4.10. The summed E-state index contributed by atoms with van der Waals surface area (Å²) in [7, 11) is 1.64. The summed E-state index contributed by atoms with van der Waals surface area (Å²) in [4.78, 5) is 4.35. The summed E-state index contributed by atoms with van der Waals surface area (Å²) < 4.78 is 5.31. The monoisotopic (exact) mass is 275 g/mol. The van der Waals surface area contributed by atoms with Crippen LogP contribution in [-0.4, -0.2) is 23.8 Å². The molecule has 0 saturated heterocycles. The fourth-order valence-corrected chi connectivity index (χ4v) is 2.04. The molecular formula is C14H17N3OS. The number of aromatic nitrogens is 1. The molecule has 100 valence electrons.